The first-order chi connectivity index (χ1) is 7.01. The van der Waals surface area contributed by atoms with E-state index in [0.717, 1.165) is 16.3 Å². The normalized spacial score (nSPS) is 12.0. The van der Waals surface area contributed by atoms with Gasteiger partial charge in [0.15, 0.2) is 0 Å². The van der Waals surface area contributed by atoms with Gasteiger partial charge in [0.25, 0.3) is 0 Å². The van der Waals surface area contributed by atoms with Gasteiger partial charge in [-0.25, -0.2) is 4.98 Å². The molecule has 6 heteroatoms. The predicted octanol–water partition coefficient (Wildman–Crippen LogP) is 2.83. The third-order valence-electron chi connectivity index (χ3n) is 1.68. The number of aryl methyl sites for hydroxylation is 1. The van der Waals surface area contributed by atoms with Gasteiger partial charge < -0.3 is 4.74 Å². The Hall–Kier alpha value is -0.620. The van der Waals surface area contributed by atoms with Crippen LogP contribution in [0.3, 0.4) is 0 Å². The number of halogens is 3. The van der Waals surface area contributed by atoms with Gasteiger partial charge in [-0.1, -0.05) is 6.92 Å². The van der Waals surface area contributed by atoms with Gasteiger partial charge in [0.1, 0.15) is 6.61 Å². The number of ether oxygens (including phenoxy) is 1. The first kappa shape index (κ1) is 12.4. The Morgan fingerprint density at radius 3 is 2.73 bits per heavy atom. The molecule has 0 radical (unpaired) electrons. The van der Waals surface area contributed by atoms with Crippen LogP contribution >= 0.6 is 11.3 Å². The van der Waals surface area contributed by atoms with Crippen molar-refractivity contribution in [2.75, 3.05) is 13.2 Å². The fraction of sp³-hybridized carbons (Fsp3) is 0.667. The third kappa shape index (κ3) is 5.13. The van der Waals surface area contributed by atoms with Gasteiger partial charge in [0.05, 0.1) is 11.6 Å². The monoisotopic (exact) mass is 239 g/mol. The Kier molecular flexibility index (Phi) is 4.53. The van der Waals surface area contributed by atoms with Gasteiger partial charge in [-0.05, 0) is 6.42 Å². The van der Waals surface area contributed by atoms with Crippen molar-refractivity contribution >= 4 is 11.3 Å². The number of aromatic nitrogens is 1. The number of alkyl halides is 3. The molecule has 0 amide bonds. The summed E-state index contributed by atoms with van der Waals surface area (Å²) in [6.45, 7) is 0.895. The van der Waals surface area contributed by atoms with Crippen molar-refractivity contribution in [2.45, 2.75) is 25.9 Å². The molecule has 0 unspecified atom stereocenters. The van der Waals surface area contributed by atoms with Crippen LogP contribution in [0.5, 0.6) is 0 Å². The highest BCUT2D eigenvalue weighted by molar-refractivity contribution is 7.11. The zero-order chi connectivity index (χ0) is 11.3. The van der Waals surface area contributed by atoms with E-state index in [4.69, 9.17) is 0 Å². The quantitative estimate of drug-likeness (QED) is 0.737. The molecule has 0 bridgehead atoms. The van der Waals surface area contributed by atoms with Crippen LogP contribution in [-0.4, -0.2) is 24.4 Å². The second-order valence-corrected chi connectivity index (χ2v) is 4.19. The van der Waals surface area contributed by atoms with Gasteiger partial charge in [-0.3, -0.25) is 0 Å². The summed E-state index contributed by atoms with van der Waals surface area (Å²) in [6.07, 6.45) is -1.14. The fourth-order valence-electron chi connectivity index (χ4n) is 0.974. The molecule has 1 aromatic heterocycles. The largest absolute Gasteiger partial charge is 0.411 e. The lowest BCUT2D eigenvalue weighted by atomic mass is 10.4. The number of nitrogens with zero attached hydrogens (tertiary/aromatic N) is 1. The molecule has 0 atom stereocenters. The molecule has 0 aliphatic rings. The molecule has 0 fully saturated rings. The van der Waals surface area contributed by atoms with Crippen LogP contribution in [0.15, 0.2) is 6.20 Å². The van der Waals surface area contributed by atoms with Crippen LogP contribution in [0.25, 0.3) is 0 Å². The average molecular weight is 239 g/mol. The highest BCUT2D eigenvalue weighted by Gasteiger charge is 2.27. The van der Waals surface area contributed by atoms with E-state index in [0.29, 0.717) is 6.42 Å². The van der Waals surface area contributed by atoms with Crippen molar-refractivity contribution in [1.29, 1.82) is 0 Å². The molecule has 0 aromatic carbocycles. The lowest BCUT2D eigenvalue weighted by Crippen LogP contribution is -2.17. The predicted molar refractivity (Wildman–Crippen MR) is 52.1 cm³/mol. The molecule has 86 valence electrons. The topological polar surface area (TPSA) is 22.1 Å². The van der Waals surface area contributed by atoms with Crippen molar-refractivity contribution < 1.29 is 17.9 Å². The SMILES string of the molecule is CCc1cnc(CCOCC(F)(F)F)s1. The second-order valence-electron chi connectivity index (χ2n) is 2.99. The fourth-order valence-corrected chi connectivity index (χ4v) is 1.82. The molecule has 1 heterocycles. The van der Waals surface area contributed by atoms with Crippen molar-refractivity contribution in [2.24, 2.45) is 0 Å². The third-order valence-corrected chi connectivity index (χ3v) is 2.88. The Bertz CT molecular complexity index is 298. The van der Waals surface area contributed by atoms with E-state index in [1.807, 2.05) is 6.92 Å². The van der Waals surface area contributed by atoms with Crippen LogP contribution in [0.2, 0.25) is 0 Å². The van der Waals surface area contributed by atoms with E-state index in [2.05, 4.69) is 9.72 Å². The molecule has 0 spiro atoms. The number of thiazole rings is 1. The zero-order valence-corrected chi connectivity index (χ0v) is 9.12. The van der Waals surface area contributed by atoms with E-state index in [-0.39, 0.29) is 6.61 Å². The summed E-state index contributed by atoms with van der Waals surface area (Å²) in [6, 6.07) is 0. The number of hydrogen-bond acceptors (Lipinski definition) is 3. The van der Waals surface area contributed by atoms with Gasteiger partial charge in [0, 0.05) is 17.5 Å². The smallest absolute Gasteiger partial charge is 0.372 e. The Morgan fingerprint density at radius 1 is 1.47 bits per heavy atom. The maximum Gasteiger partial charge on any atom is 0.411 e. The summed E-state index contributed by atoms with van der Waals surface area (Å²) >= 11 is 1.52. The van der Waals surface area contributed by atoms with Gasteiger partial charge in [-0.15, -0.1) is 11.3 Å². The summed E-state index contributed by atoms with van der Waals surface area (Å²) < 4.78 is 39.6. The molecule has 2 nitrogen and oxygen atoms in total. The molecule has 0 saturated carbocycles. The van der Waals surface area contributed by atoms with Crippen molar-refractivity contribution in [3.05, 3.63) is 16.1 Å². The van der Waals surface area contributed by atoms with E-state index < -0.39 is 12.8 Å². The van der Waals surface area contributed by atoms with Gasteiger partial charge in [-0.2, -0.15) is 13.2 Å². The van der Waals surface area contributed by atoms with Gasteiger partial charge in [0.2, 0.25) is 0 Å². The summed E-state index contributed by atoms with van der Waals surface area (Å²) in [5.41, 5.74) is 0. The van der Waals surface area contributed by atoms with Crippen LogP contribution in [0.1, 0.15) is 16.8 Å². The van der Waals surface area contributed by atoms with E-state index in [9.17, 15) is 13.2 Å². The van der Waals surface area contributed by atoms with Crippen molar-refractivity contribution in [3.8, 4) is 0 Å². The minimum Gasteiger partial charge on any atom is -0.372 e. The minimum atomic E-state index is -4.24. The van der Waals surface area contributed by atoms with Crippen molar-refractivity contribution in [3.63, 3.8) is 0 Å². The van der Waals surface area contributed by atoms with E-state index in [1.165, 1.54) is 11.3 Å². The van der Waals surface area contributed by atoms with Crippen LogP contribution in [-0.2, 0) is 17.6 Å². The summed E-state index contributed by atoms with van der Waals surface area (Å²) in [4.78, 5) is 5.22. The number of rotatable bonds is 5. The summed E-state index contributed by atoms with van der Waals surface area (Å²) in [5.74, 6) is 0. The lowest BCUT2D eigenvalue weighted by molar-refractivity contribution is -0.173. The van der Waals surface area contributed by atoms with Crippen molar-refractivity contribution in [1.82, 2.24) is 4.98 Å². The molecule has 0 N–H and O–H groups in total. The average Bonchev–Trinajstić information content (AvgIpc) is 2.59. The maximum atomic E-state index is 11.7. The Morgan fingerprint density at radius 2 is 2.20 bits per heavy atom. The molecular weight excluding hydrogens is 227 g/mol. The highest BCUT2D eigenvalue weighted by Crippen LogP contribution is 2.16. The molecule has 0 aliphatic carbocycles. The molecular formula is C9H12F3NOS. The maximum absolute atomic E-state index is 11.7. The minimum absolute atomic E-state index is 0.0657. The van der Waals surface area contributed by atoms with Gasteiger partial charge >= 0.3 is 6.18 Å². The first-order valence-electron chi connectivity index (χ1n) is 4.59. The van der Waals surface area contributed by atoms with Crippen LogP contribution in [0, 0.1) is 0 Å². The van der Waals surface area contributed by atoms with Crippen LogP contribution in [0.4, 0.5) is 13.2 Å². The summed E-state index contributed by atoms with van der Waals surface area (Å²) in [5, 5.41) is 0.828. The Balaban J connectivity index is 2.20. The standard InChI is InChI=1S/C9H12F3NOS/c1-2-7-5-13-8(15-7)3-4-14-6-9(10,11)12/h5H,2-4,6H2,1H3. The summed E-state index contributed by atoms with van der Waals surface area (Å²) in [7, 11) is 0. The molecule has 0 saturated heterocycles. The molecule has 1 rings (SSSR count). The molecule has 1 aromatic rings. The van der Waals surface area contributed by atoms with Crippen LogP contribution < -0.4 is 0 Å². The van der Waals surface area contributed by atoms with E-state index in [1.54, 1.807) is 6.20 Å². The first-order valence-corrected chi connectivity index (χ1v) is 5.41. The highest BCUT2D eigenvalue weighted by atomic mass is 32.1. The Labute approximate surface area is 90.1 Å². The lowest BCUT2D eigenvalue weighted by Gasteiger charge is -2.05. The molecule has 0 aliphatic heterocycles. The molecule has 15 heavy (non-hydrogen) atoms. The number of hydrogen-bond donors (Lipinski definition) is 0. The second kappa shape index (κ2) is 5.46. The zero-order valence-electron chi connectivity index (χ0n) is 8.30. The van der Waals surface area contributed by atoms with E-state index >= 15 is 0 Å².